The molecular weight excluding hydrogens is 311 g/mol. The summed E-state index contributed by atoms with van der Waals surface area (Å²) in [5, 5.41) is 0. The minimum Gasteiger partial charge on any atom is -0.312 e. The second-order valence-electron chi connectivity index (χ2n) is 6.00. The van der Waals surface area contributed by atoms with Gasteiger partial charge in [0.05, 0.1) is 0 Å². The fourth-order valence-corrected chi connectivity index (χ4v) is 2.90. The van der Waals surface area contributed by atoms with Gasteiger partial charge in [-0.3, -0.25) is 9.36 Å². The first kappa shape index (κ1) is 22.0. The first-order valence-corrected chi connectivity index (χ1v) is 9.64. The first-order valence-electron chi connectivity index (χ1n) is 7.92. The average Bonchev–Trinajstić information content (AvgIpc) is 2.46. The van der Waals surface area contributed by atoms with Gasteiger partial charge in [0.1, 0.15) is 6.16 Å². The summed E-state index contributed by atoms with van der Waals surface area (Å²) in [6, 6.07) is 0. The Morgan fingerprint density at radius 3 is 1.96 bits per heavy atom. The van der Waals surface area contributed by atoms with Crippen molar-refractivity contribution in [3.05, 3.63) is 34.9 Å². The van der Waals surface area contributed by atoms with Crippen molar-refractivity contribution in [2.75, 3.05) is 20.4 Å². The van der Waals surface area contributed by atoms with E-state index >= 15 is 0 Å². The monoisotopic (exact) mass is 342 g/mol. The summed E-state index contributed by atoms with van der Waals surface area (Å²) in [6.07, 6.45) is 9.64. The van der Waals surface area contributed by atoms with Crippen LogP contribution < -0.4 is 0 Å². The van der Waals surface area contributed by atoms with E-state index in [1.165, 1.54) is 31.4 Å². The summed E-state index contributed by atoms with van der Waals surface area (Å²) in [4.78, 5) is 11.9. The van der Waals surface area contributed by atoms with Gasteiger partial charge < -0.3 is 9.05 Å². The molecular formula is C18H31O4P. The van der Waals surface area contributed by atoms with E-state index in [0.29, 0.717) is 0 Å². The van der Waals surface area contributed by atoms with Crippen molar-refractivity contribution in [2.45, 2.75) is 53.4 Å². The third-order valence-electron chi connectivity index (χ3n) is 3.44. The van der Waals surface area contributed by atoms with Crippen molar-refractivity contribution in [2.24, 2.45) is 0 Å². The molecule has 0 N–H and O–H groups in total. The topological polar surface area (TPSA) is 52.6 Å². The molecule has 0 atom stereocenters. The summed E-state index contributed by atoms with van der Waals surface area (Å²) in [7, 11) is -0.690. The van der Waals surface area contributed by atoms with E-state index in [-0.39, 0.29) is 11.9 Å². The fourth-order valence-electron chi connectivity index (χ4n) is 2.02. The second kappa shape index (κ2) is 11.6. The molecule has 132 valence electrons. The number of ketones is 1. The number of carbonyl (C=O) groups excluding carboxylic acids is 1. The van der Waals surface area contributed by atoms with Crippen LogP contribution in [0.1, 0.15) is 53.4 Å². The molecule has 0 bridgehead atoms. The molecule has 0 rings (SSSR count). The van der Waals surface area contributed by atoms with E-state index in [0.717, 1.165) is 31.3 Å². The van der Waals surface area contributed by atoms with Gasteiger partial charge in [0, 0.05) is 14.2 Å². The molecule has 0 saturated heterocycles. The van der Waals surface area contributed by atoms with Crippen LogP contribution in [0.15, 0.2) is 34.9 Å². The highest BCUT2D eigenvalue weighted by Gasteiger charge is 2.24. The third kappa shape index (κ3) is 11.2. The molecule has 0 aliphatic carbocycles. The van der Waals surface area contributed by atoms with Gasteiger partial charge in [-0.05, 0) is 59.5 Å². The Morgan fingerprint density at radius 1 is 0.913 bits per heavy atom. The third-order valence-corrected chi connectivity index (χ3v) is 5.25. The highest BCUT2D eigenvalue weighted by molar-refractivity contribution is 7.54. The molecule has 0 fully saturated rings. The predicted octanol–water partition coefficient (Wildman–Crippen LogP) is 5.46. The van der Waals surface area contributed by atoms with E-state index in [1.807, 2.05) is 6.92 Å². The number of hydrogen-bond donors (Lipinski definition) is 0. The summed E-state index contributed by atoms with van der Waals surface area (Å²) < 4.78 is 21.4. The summed E-state index contributed by atoms with van der Waals surface area (Å²) in [5.74, 6) is -0.223. The van der Waals surface area contributed by atoms with Gasteiger partial charge in [-0.25, -0.2) is 0 Å². The SMILES string of the molecule is COP(=O)(CC(=O)/C=C(\C)CC/C=C(\C)CCC=C(C)C)OC. The number of rotatable bonds is 11. The molecule has 23 heavy (non-hydrogen) atoms. The minimum atomic E-state index is -3.27. The maximum Gasteiger partial charge on any atom is 0.337 e. The van der Waals surface area contributed by atoms with E-state index in [4.69, 9.17) is 9.05 Å². The lowest BCUT2D eigenvalue weighted by molar-refractivity contribution is -0.112. The maximum absolute atomic E-state index is 11.9. The zero-order valence-corrected chi connectivity index (χ0v) is 16.2. The van der Waals surface area contributed by atoms with Gasteiger partial charge in [0.25, 0.3) is 0 Å². The molecule has 4 nitrogen and oxygen atoms in total. The smallest absolute Gasteiger partial charge is 0.312 e. The molecule has 0 aromatic carbocycles. The van der Waals surface area contributed by atoms with Crippen LogP contribution in [-0.2, 0) is 18.4 Å². The Hall–Kier alpha value is -0.960. The van der Waals surface area contributed by atoms with Crippen LogP contribution in [0, 0.1) is 0 Å². The Bertz CT molecular complexity index is 503. The quantitative estimate of drug-likeness (QED) is 0.284. The van der Waals surface area contributed by atoms with Crippen LogP contribution in [0.25, 0.3) is 0 Å². The Morgan fingerprint density at radius 2 is 1.43 bits per heavy atom. The highest BCUT2D eigenvalue weighted by atomic mass is 31.2. The van der Waals surface area contributed by atoms with Crippen molar-refractivity contribution < 1.29 is 18.4 Å². The number of hydrogen-bond acceptors (Lipinski definition) is 4. The van der Waals surface area contributed by atoms with Gasteiger partial charge in [-0.1, -0.05) is 28.9 Å². The van der Waals surface area contributed by atoms with E-state index in [9.17, 15) is 9.36 Å². The summed E-state index contributed by atoms with van der Waals surface area (Å²) in [5.41, 5.74) is 3.69. The van der Waals surface area contributed by atoms with Crippen LogP contribution >= 0.6 is 7.60 Å². The molecule has 0 saturated carbocycles. The van der Waals surface area contributed by atoms with Crippen LogP contribution in [0.2, 0.25) is 0 Å². The standard InChI is InChI=1S/C18H31O4P/c1-15(2)9-7-10-16(3)11-8-12-17(4)13-18(19)14-23(20,21-5)22-6/h9,11,13H,7-8,10,12,14H2,1-6H3/b16-11+,17-13+. The van der Waals surface area contributed by atoms with Crippen molar-refractivity contribution >= 4 is 13.4 Å². The van der Waals surface area contributed by atoms with Crippen LogP contribution in [0.3, 0.4) is 0 Å². The first-order chi connectivity index (χ1) is 10.7. The molecule has 0 aliphatic rings. The molecule has 0 aromatic heterocycles. The maximum atomic E-state index is 11.9. The van der Waals surface area contributed by atoms with Crippen molar-refractivity contribution in [1.29, 1.82) is 0 Å². The van der Waals surface area contributed by atoms with Crippen molar-refractivity contribution in [3.8, 4) is 0 Å². The lowest BCUT2D eigenvalue weighted by atomic mass is 10.1. The zero-order chi connectivity index (χ0) is 17.9. The van der Waals surface area contributed by atoms with E-state index in [2.05, 4.69) is 32.9 Å². The predicted molar refractivity (Wildman–Crippen MR) is 96.9 cm³/mol. The molecule has 0 aliphatic heterocycles. The second-order valence-corrected chi connectivity index (χ2v) is 8.27. The summed E-state index contributed by atoms with van der Waals surface area (Å²) in [6.45, 7) is 8.26. The largest absolute Gasteiger partial charge is 0.337 e. The molecule has 0 radical (unpaired) electrons. The van der Waals surface area contributed by atoms with Gasteiger partial charge in [0.15, 0.2) is 5.78 Å². The molecule has 5 heteroatoms. The van der Waals surface area contributed by atoms with Gasteiger partial charge in [-0.15, -0.1) is 0 Å². The highest BCUT2D eigenvalue weighted by Crippen LogP contribution is 2.46. The summed E-state index contributed by atoms with van der Waals surface area (Å²) >= 11 is 0. The van der Waals surface area contributed by atoms with E-state index < -0.39 is 7.60 Å². The van der Waals surface area contributed by atoms with Gasteiger partial charge in [0.2, 0.25) is 0 Å². The van der Waals surface area contributed by atoms with Crippen LogP contribution in [0.4, 0.5) is 0 Å². The van der Waals surface area contributed by atoms with Crippen LogP contribution in [-0.4, -0.2) is 26.2 Å². The van der Waals surface area contributed by atoms with E-state index in [1.54, 1.807) is 0 Å². The van der Waals surface area contributed by atoms with Crippen molar-refractivity contribution in [1.82, 2.24) is 0 Å². The van der Waals surface area contributed by atoms with Crippen molar-refractivity contribution in [3.63, 3.8) is 0 Å². The number of allylic oxidation sites excluding steroid dienone is 6. The van der Waals surface area contributed by atoms with Crippen LogP contribution in [0.5, 0.6) is 0 Å². The molecule has 0 heterocycles. The van der Waals surface area contributed by atoms with Gasteiger partial charge >= 0.3 is 7.60 Å². The average molecular weight is 342 g/mol. The molecule has 0 aromatic rings. The Kier molecular flexibility index (Phi) is 11.1. The Balaban J connectivity index is 4.32. The fraction of sp³-hybridized carbons (Fsp3) is 0.611. The van der Waals surface area contributed by atoms with Gasteiger partial charge in [-0.2, -0.15) is 0 Å². The lowest BCUT2D eigenvalue weighted by Crippen LogP contribution is -2.05. The normalized spacial score (nSPS) is 13.1. The molecule has 0 amide bonds. The number of carbonyl (C=O) groups is 1. The molecule has 0 spiro atoms. The lowest BCUT2D eigenvalue weighted by Gasteiger charge is -2.11. The molecule has 0 unspecified atom stereocenters. The minimum absolute atomic E-state index is 0.213. The Labute approximate surface area is 141 Å². The zero-order valence-electron chi connectivity index (χ0n) is 15.3.